The largest absolute Gasteiger partial charge is 0.481 e. The van der Waals surface area contributed by atoms with Crippen LogP contribution in [0.2, 0.25) is 0 Å². The lowest BCUT2D eigenvalue weighted by Gasteiger charge is -2.39. The van der Waals surface area contributed by atoms with E-state index >= 15 is 0 Å². The van der Waals surface area contributed by atoms with Crippen LogP contribution in [0.15, 0.2) is 18.3 Å². The predicted octanol–water partition coefficient (Wildman–Crippen LogP) is 2.71. The second-order valence-corrected chi connectivity index (χ2v) is 6.37. The normalized spacial score (nSPS) is 20.9. The molecule has 4 heteroatoms. The van der Waals surface area contributed by atoms with Crippen LogP contribution >= 0.6 is 0 Å². The Bertz CT molecular complexity index is 485. The summed E-state index contributed by atoms with van der Waals surface area (Å²) >= 11 is 0. The summed E-state index contributed by atoms with van der Waals surface area (Å²) < 4.78 is 0. The number of aliphatic carboxylic acids is 1. The third-order valence-corrected chi connectivity index (χ3v) is 4.57. The fourth-order valence-corrected chi connectivity index (χ4v) is 2.86. The lowest BCUT2D eigenvalue weighted by Crippen LogP contribution is -2.44. The second-order valence-electron chi connectivity index (χ2n) is 6.37. The maximum atomic E-state index is 11.4. The van der Waals surface area contributed by atoms with Gasteiger partial charge in [-0.05, 0) is 57.7 Å². The summed E-state index contributed by atoms with van der Waals surface area (Å²) in [6, 6.07) is 4.02. The minimum atomic E-state index is -0.696. The van der Waals surface area contributed by atoms with Crippen LogP contribution in [-0.2, 0) is 11.3 Å². The molecule has 0 bridgehead atoms. The quantitative estimate of drug-likeness (QED) is 0.918. The Morgan fingerprint density at radius 3 is 2.95 bits per heavy atom. The Balaban J connectivity index is 2.04. The first kappa shape index (κ1) is 15.0. The second kappa shape index (κ2) is 5.92. The number of carboxylic acids is 1. The molecule has 2 rings (SSSR count). The summed E-state index contributed by atoms with van der Waals surface area (Å²) in [7, 11) is 0. The molecule has 0 amide bonds. The molecule has 1 atom stereocenters. The first-order chi connectivity index (χ1) is 9.41. The number of hydrogen-bond acceptors (Lipinski definition) is 3. The summed E-state index contributed by atoms with van der Waals surface area (Å²) in [5.74, 6) is -0.490. The van der Waals surface area contributed by atoms with Crippen molar-refractivity contribution in [3.63, 3.8) is 0 Å². The predicted molar refractivity (Wildman–Crippen MR) is 78.4 cm³/mol. The number of aryl methyl sites for hydroxylation is 1. The van der Waals surface area contributed by atoms with Crippen molar-refractivity contribution in [2.45, 2.75) is 40.2 Å². The number of likely N-dealkylation sites (tertiary alicyclic amines) is 1. The smallest absolute Gasteiger partial charge is 0.309 e. The summed E-state index contributed by atoms with van der Waals surface area (Å²) in [4.78, 5) is 18.2. The van der Waals surface area contributed by atoms with Gasteiger partial charge in [0.15, 0.2) is 0 Å². The van der Waals surface area contributed by atoms with Crippen LogP contribution in [-0.4, -0.2) is 34.0 Å². The van der Waals surface area contributed by atoms with Gasteiger partial charge in [-0.1, -0.05) is 6.07 Å². The van der Waals surface area contributed by atoms with E-state index in [1.165, 1.54) is 5.56 Å². The molecule has 1 aliphatic heterocycles. The number of nitrogens with zero attached hydrogens (tertiary/aromatic N) is 2. The molecule has 4 nitrogen and oxygen atoms in total. The summed E-state index contributed by atoms with van der Waals surface area (Å²) in [6.07, 6.45) is 3.88. The number of piperidine rings is 1. The Hall–Kier alpha value is -1.42. The minimum Gasteiger partial charge on any atom is -0.481 e. The van der Waals surface area contributed by atoms with Crippen LogP contribution in [0.25, 0.3) is 0 Å². The molecule has 0 spiro atoms. The maximum absolute atomic E-state index is 11.4. The topological polar surface area (TPSA) is 53.4 Å². The van der Waals surface area contributed by atoms with Crippen molar-refractivity contribution in [1.29, 1.82) is 0 Å². The Labute approximate surface area is 120 Å². The van der Waals surface area contributed by atoms with E-state index in [1.54, 1.807) is 0 Å². The molecule has 0 radical (unpaired) electrons. The van der Waals surface area contributed by atoms with Gasteiger partial charge in [-0.25, -0.2) is 0 Å². The van der Waals surface area contributed by atoms with Crippen molar-refractivity contribution in [2.24, 2.45) is 11.3 Å². The van der Waals surface area contributed by atoms with Crippen LogP contribution in [0.4, 0.5) is 0 Å². The van der Waals surface area contributed by atoms with E-state index < -0.39 is 11.4 Å². The summed E-state index contributed by atoms with van der Waals surface area (Å²) in [5.41, 5.74) is 1.64. The first-order valence-corrected chi connectivity index (χ1v) is 7.27. The molecule has 1 aromatic rings. The van der Waals surface area contributed by atoms with Gasteiger partial charge in [-0.15, -0.1) is 0 Å². The van der Waals surface area contributed by atoms with E-state index in [0.29, 0.717) is 0 Å². The van der Waals surface area contributed by atoms with Crippen molar-refractivity contribution >= 4 is 5.97 Å². The van der Waals surface area contributed by atoms with E-state index in [2.05, 4.69) is 22.9 Å². The van der Waals surface area contributed by atoms with Gasteiger partial charge in [-0.3, -0.25) is 14.7 Å². The van der Waals surface area contributed by atoms with Crippen LogP contribution in [0.3, 0.4) is 0 Å². The highest BCUT2D eigenvalue weighted by molar-refractivity contribution is 5.74. The maximum Gasteiger partial charge on any atom is 0.309 e. The zero-order valence-electron chi connectivity index (χ0n) is 12.6. The van der Waals surface area contributed by atoms with E-state index in [4.69, 9.17) is 0 Å². The number of rotatable bonds is 4. The first-order valence-electron chi connectivity index (χ1n) is 7.27. The Morgan fingerprint density at radius 1 is 1.55 bits per heavy atom. The van der Waals surface area contributed by atoms with Crippen molar-refractivity contribution in [3.05, 3.63) is 29.6 Å². The number of carbonyl (C=O) groups is 1. The van der Waals surface area contributed by atoms with Crippen LogP contribution in [0.1, 0.15) is 37.9 Å². The number of hydrogen-bond donors (Lipinski definition) is 1. The molecule has 20 heavy (non-hydrogen) atoms. The van der Waals surface area contributed by atoms with Gasteiger partial charge in [0.1, 0.15) is 0 Å². The van der Waals surface area contributed by atoms with Crippen LogP contribution in [0.5, 0.6) is 0 Å². The Kier molecular flexibility index (Phi) is 4.43. The fourth-order valence-electron chi connectivity index (χ4n) is 2.86. The molecular formula is C16H24N2O2. The molecule has 1 aromatic heterocycles. The highest BCUT2D eigenvalue weighted by Crippen LogP contribution is 2.34. The molecule has 1 unspecified atom stereocenters. The molecule has 0 saturated carbocycles. The third kappa shape index (κ3) is 3.18. The van der Waals surface area contributed by atoms with Crippen molar-refractivity contribution in [2.75, 3.05) is 13.1 Å². The van der Waals surface area contributed by atoms with Gasteiger partial charge in [0, 0.05) is 19.3 Å². The number of pyridine rings is 1. The van der Waals surface area contributed by atoms with E-state index in [-0.39, 0.29) is 5.92 Å². The monoisotopic (exact) mass is 276 g/mol. The van der Waals surface area contributed by atoms with Crippen molar-refractivity contribution in [3.8, 4) is 0 Å². The van der Waals surface area contributed by atoms with Gasteiger partial charge in [-0.2, -0.15) is 0 Å². The molecular weight excluding hydrogens is 252 g/mol. The zero-order chi connectivity index (χ0) is 14.8. The highest BCUT2D eigenvalue weighted by atomic mass is 16.4. The lowest BCUT2D eigenvalue weighted by atomic mass is 9.74. The third-order valence-electron chi connectivity index (χ3n) is 4.57. The summed E-state index contributed by atoms with van der Waals surface area (Å²) in [6.45, 7) is 8.45. The van der Waals surface area contributed by atoms with Crippen LogP contribution < -0.4 is 0 Å². The van der Waals surface area contributed by atoms with E-state index in [0.717, 1.165) is 38.2 Å². The Morgan fingerprint density at radius 2 is 2.30 bits per heavy atom. The molecule has 2 heterocycles. The summed E-state index contributed by atoms with van der Waals surface area (Å²) in [5, 5.41) is 9.38. The van der Waals surface area contributed by atoms with Gasteiger partial charge >= 0.3 is 5.97 Å². The van der Waals surface area contributed by atoms with Crippen LogP contribution in [0, 0.1) is 18.3 Å². The molecule has 1 saturated heterocycles. The van der Waals surface area contributed by atoms with E-state index in [9.17, 15) is 9.90 Å². The molecule has 110 valence electrons. The minimum absolute atomic E-state index is 0.206. The standard InChI is InChI=1S/C16H24N2O2/c1-12-6-4-8-17-14(12)11-18-9-5-7-13(10-18)16(2,3)15(19)20/h4,6,8,13H,5,7,9-11H2,1-3H3,(H,19,20). The average Bonchev–Trinajstić information content (AvgIpc) is 2.41. The highest BCUT2D eigenvalue weighted by Gasteiger charge is 2.39. The fraction of sp³-hybridized carbons (Fsp3) is 0.625. The molecule has 1 aliphatic rings. The number of aromatic nitrogens is 1. The van der Waals surface area contributed by atoms with Gasteiger partial charge in [0.2, 0.25) is 0 Å². The average molecular weight is 276 g/mol. The lowest BCUT2D eigenvalue weighted by molar-refractivity contribution is -0.151. The van der Waals surface area contributed by atoms with Gasteiger partial charge in [0.05, 0.1) is 11.1 Å². The molecule has 1 N–H and O–H groups in total. The zero-order valence-corrected chi connectivity index (χ0v) is 12.6. The molecule has 0 aliphatic carbocycles. The van der Waals surface area contributed by atoms with Gasteiger partial charge in [0.25, 0.3) is 0 Å². The number of carboxylic acid groups (broad SMARTS) is 1. The van der Waals surface area contributed by atoms with Crippen molar-refractivity contribution in [1.82, 2.24) is 9.88 Å². The van der Waals surface area contributed by atoms with E-state index in [1.807, 2.05) is 26.1 Å². The SMILES string of the molecule is Cc1cccnc1CN1CCCC(C(C)(C)C(=O)O)C1. The molecule has 1 fully saturated rings. The van der Waals surface area contributed by atoms with Gasteiger partial charge < -0.3 is 5.11 Å². The van der Waals surface area contributed by atoms with Crippen molar-refractivity contribution < 1.29 is 9.90 Å². The molecule has 0 aromatic carbocycles.